The smallest absolute Gasteiger partial charge is 0.0783 e. The molecule has 0 amide bonds. The Hall–Kier alpha value is -1.07. The Morgan fingerprint density at radius 2 is 2.23 bits per heavy atom. The van der Waals surface area contributed by atoms with Gasteiger partial charge in [-0.2, -0.15) is 0 Å². The number of unbranched alkanes of at least 4 members (excludes halogenated alkanes) is 1. The van der Waals surface area contributed by atoms with Gasteiger partial charge in [-0.1, -0.05) is 26.0 Å². The van der Waals surface area contributed by atoms with E-state index >= 15 is 0 Å². The number of rotatable bonds is 5. The Kier molecular flexibility index (Phi) is 6.95. The van der Waals surface area contributed by atoms with Crippen LogP contribution in [0, 0.1) is 0 Å². The second-order valence-corrected chi connectivity index (χ2v) is 2.99. The van der Waals surface area contributed by atoms with E-state index in [-0.39, 0.29) is 0 Å². The van der Waals surface area contributed by atoms with Gasteiger partial charge in [-0.3, -0.25) is 4.99 Å². The predicted octanol–water partition coefficient (Wildman–Crippen LogP) is 3.88. The van der Waals surface area contributed by atoms with Crippen LogP contribution in [0.2, 0.25) is 0 Å². The molecule has 0 heterocycles. The second-order valence-electron chi connectivity index (χ2n) is 2.99. The molecule has 0 radical (unpaired) electrons. The highest BCUT2D eigenvalue weighted by molar-refractivity contribution is 5.79. The summed E-state index contributed by atoms with van der Waals surface area (Å²) in [5.41, 5.74) is 4.87. The molecule has 0 N–H and O–H groups in total. The highest BCUT2D eigenvalue weighted by atomic mass is 14.7. The molecule has 0 aromatic carbocycles. The van der Waals surface area contributed by atoms with Crippen LogP contribution in [0.25, 0.3) is 0 Å². The van der Waals surface area contributed by atoms with Crippen molar-refractivity contribution in [2.45, 2.75) is 40.0 Å². The van der Waals surface area contributed by atoms with E-state index in [0.717, 1.165) is 12.1 Å². The predicted molar refractivity (Wildman–Crippen MR) is 60.1 cm³/mol. The van der Waals surface area contributed by atoms with Gasteiger partial charge in [-0.25, -0.2) is 0 Å². The molecule has 0 aliphatic heterocycles. The van der Waals surface area contributed by atoms with Crippen LogP contribution in [0.15, 0.2) is 34.6 Å². The minimum atomic E-state index is 0.843. The highest BCUT2D eigenvalue weighted by Crippen LogP contribution is 2.05. The van der Waals surface area contributed by atoms with Gasteiger partial charge in [0.05, 0.1) is 5.70 Å². The summed E-state index contributed by atoms with van der Waals surface area (Å²) in [6.07, 6.45) is 7.57. The zero-order valence-corrected chi connectivity index (χ0v) is 8.93. The average molecular weight is 177 g/mol. The van der Waals surface area contributed by atoms with Crippen molar-refractivity contribution in [3.8, 4) is 0 Å². The maximum atomic E-state index is 4.22. The van der Waals surface area contributed by atoms with E-state index in [1.807, 2.05) is 20.1 Å². The maximum Gasteiger partial charge on any atom is 0.0783 e. The zero-order chi connectivity index (χ0) is 10.1. The van der Waals surface area contributed by atoms with Gasteiger partial charge in [0.25, 0.3) is 0 Å². The molecular formula is C12H19N. The highest BCUT2D eigenvalue weighted by Gasteiger charge is 1.90. The van der Waals surface area contributed by atoms with Gasteiger partial charge in [0, 0.05) is 6.21 Å². The minimum Gasteiger partial charge on any atom is -0.253 e. The van der Waals surface area contributed by atoms with E-state index < -0.39 is 0 Å². The van der Waals surface area contributed by atoms with Crippen LogP contribution in [0.5, 0.6) is 0 Å². The van der Waals surface area contributed by atoms with Crippen LogP contribution in [-0.4, -0.2) is 6.21 Å². The molecule has 0 aromatic rings. The Labute approximate surface area is 81.6 Å². The van der Waals surface area contributed by atoms with Crippen molar-refractivity contribution in [3.63, 3.8) is 0 Å². The Bertz CT molecular complexity index is 240. The minimum absolute atomic E-state index is 0.843. The first kappa shape index (κ1) is 11.9. The molecule has 0 atom stereocenters. The maximum absolute atomic E-state index is 4.22. The summed E-state index contributed by atoms with van der Waals surface area (Å²) >= 11 is 0. The summed E-state index contributed by atoms with van der Waals surface area (Å²) in [6, 6.07) is 0. The molecule has 0 spiro atoms. The molecule has 0 aromatic heterocycles. The molecule has 0 bridgehead atoms. The molecule has 0 rings (SSSR count). The van der Waals surface area contributed by atoms with E-state index in [9.17, 15) is 0 Å². The third kappa shape index (κ3) is 6.12. The topological polar surface area (TPSA) is 12.4 Å². The van der Waals surface area contributed by atoms with Gasteiger partial charge < -0.3 is 0 Å². The number of allylic oxidation sites excluding steroid dienone is 3. The molecule has 0 saturated carbocycles. The first-order valence-corrected chi connectivity index (χ1v) is 4.80. The lowest BCUT2D eigenvalue weighted by atomic mass is 10.1. The van der Waals surface area contributed by atoms with Crippen molar-refractivity contribution in [3.05, 3.63) is 29.7 Å². The monoisotopic (exact) mass is 177 g/mol. The van der Waals surface area contributed by atoms with Crippen molar-refractivity contribution >= 4 is 6.21 Å². The molecular weight excluding hydrogens is 158 g/mol. The van der Waals surface area contributed by atoms with Crippen LogP contribution in [0.4, 0.5) is 0 Å². The third-order valence-corrected chi connectivity index (χ3v) is 1.87. The normalized spacial score (nSPS) is 11.8. The molecule has 13 heavy (non-hydrogen) atoms. The van der Waals surface area contributed by atoms with Gasteiger partial charge >= 0.3 is 0 Å². The van der Waals surface area contributed by atoms with Crippen molar-refractivity contribution < 1.29 is 0 Å². The first-order chi connectivity index (χ1) is 6.24. The third-order valence-electron chi connectivity index (χ3n) is 1.87. The van der Waals surface area contributed by atoms with Crippen LogP contribution < -0.4 is 0 Å². The van der Waals surface area contributed by atoms with Gasteiger partial charge in [-0.05, 0) is 32.3 Å². The summed E-state index contributed by atoms with van der Waals surface area (Å²) < 4.78 is 0. The lowest BCUT2D eigenvalue weighted by Crippen LogP contribution is -1.85. The summed E-state index contributed by atoms with van der Waals surface area (Å²) in [4.78, 5) is 4.22. The molecule has 0 fully saturated rings. The van der Waals surface area contributed by atoms with Crippen molar-refractivity contribution in [2.75, 3.05) is 0 Å². The molecule has 72 valence electrons. The van der Waals surface area contributed by atoms with E-state index in [4.69, 9.17) is 0 Å². The fraction of sp³-hybridized carbons (Fsp3) is 0.500. The fourth-order valence-corrected chi connectivity index (χ4v) is 0.890. The fourth-order valence-electron chi connectivity index (χ4n) is 0.890. The average Bonchev–Trinajstić information content (AvgIpc) is 2.17. The Morgan fingerprint density at radius 1 is 1.54 bits per heavy atom. The van der Waals surface area contributed by atoms with E-state index in [0.29, 0.717) is 0 Å². The molecule has 1 nitrogen and oxygen atoms in total. The van der Waals surface area contributed by atoms with E-state index in [1.165, 1.54) is 18.4 Å². The van der Waals surface area contributed by atoms with Crippen LogP contribution in [0.1, 0.15) is 40.0 Å². The van der Waals surface area contributed by atoms with Crippen LogP contribution in [-0.2, 0) is 0 Å². The summed E-state index contributed by atoms with van der Waals surface area (Å²) in [6.45, 7) is 9.67. The summed E-state index contributed by atoms with van der Waals surface area (Å²) in [5.74, 6) is 0. The summed E-state index contributed by atoms with van der Waals surface area (Å²) in [7, 11) is 0. The number of hydrogen-bond donors (Lipinski definition) is 0. The van der Waals surface area contributed by atoms with E-state index in [1.54, 1.807) is 0 Å². The number of nitrogens with zero attached hydrogens (tertiary/aromatic N) is 1. The van der Waals surface area contributed by atoms with Crippen molar-refractivity contribution in [1.29, 1.82) is 0 Å². The number of aliphatic imine (C=N–C) groups is 1. The second kappa shape index (κ2) is 7.57. The van der Waals surface area contributed by atoms with Crippen LogP contribution >= 0.6 is 0 Å². The lowest BCUT2D eigenvalue weighted by molar-refractivity contribution is 0.803. The SMILES string of the molecule is C=C=C(C)N=C/C(=C\C)CCCC. The van der Waals surface area contributed by atoms with Gasteiger partial charge in [0.1, 0.15) is 0 Å². The largest absolute Gasteiger partial charge is 0.253 e. The molecule has 1 heteroatoms. The van der Waals surface area contributed by atoms with Crippen molar-refractivity contribution in [2.24, 2.45) is 4.99 Å². The molecule has 0 aliphatic rings. The van der Waals surface area contributed by atoms with Gasteiger partial charge in [0.15, 0.2) is 0 Å². The first-order valence-electron chi connectivity index (χ1n) is 4.80. The van der Waals surface area contributed by atoms with Crippen molar-refractivity contribution in [1.82, 2.24) is 0 Å². The zero-order valence-electron chi connectivity index (χ0n) is 8.93. The molecule has 0 unspecified atom stereocenters. The van der Waals surface area contributed by atoms with Gasteiger partial charge in [0.2, 0.25) is 0 Å². The number of hydrogen-bond acceptors (Lipinski definition) is 1. The van der Waals surface area contributed by atoms with E-state index in [2.05, 4.69) is 30.3 Å². The quantitative estimate of drug-likeness (QED) is 0.446. The molecule has 0 aliphatic carbocycles. The summed E-state index contributed by atoms with van der Waals surface area (Å²) in [5, 5.41) is 0. The molecule has 0 saturated heterocycles. The van der Waals surface area contributed by atoms with Gasteiger partial charge in [-0.15, -0.1) is 5.73 Å². The standard InChI is InChI=1S/C12H19N/c1-5-8-9-12(7-3)10-13-11(4)6-2/h7,10H,2,5,8-9H2,1,3-4H3/b12-7-,13-10?. The Morgan fingerprint density at radius 3 is 2.69 bits per heavy atom. The Balaban J connectivity index is 4.14. The lowest BCUT2D eigenvalue weighted by Gasteiger charge is -1.97. The van der Waals surface area contributed by atoms with Crippen LogP contribution in [0.3, 0.4) is 0 Å².